The average molecular weight is 895 g/mol. The van der Waals surface area contributed by atoms with Crippen molar-refractivity contribution in [2.45, 2.75) is 235 Å². The molecule has 7 rings (SSSR count). The highest BCUT2D eigenvalue weighted by molar-refractivity contribution is 5.36. The van der Waals surface area contributed by atoms with E-state index in [1.54, 1.807) is 21.1 Å². The van der Waals surface area contributed by atoms with E-state index < -0.39 is 64.3 Å². The molecule has 0 spiro atoms. The van der Waals surface area contributed by atoms with Crippen LogP contribution in [0, 0.1) is 40.4 Å². The minimum atomic E-state index is -1.70. The van der Waals surface area contributed by atoms with Gasteiger partial charge in [-0.25, -0.2) is 0 Å². The van der Waals surface area contributed by atoms with Crippen molar-refractivity contribution >= 4 is 0 Å². The zero-order valence-corrected chi connectivity index (χ0v) is 40.4. The molecule has 13 nitrogen and oxygen atoms in total. The fraction of sp³-hybridized carbons (Fsp3) is 0.960. The second-order valence-corrected chi connectivity index (χ2v) is 22.6. The van der Waals surface area contributed by atoms with Crippen LogP contribution in [-0.4, -0.2) is 155 Å². The van der Waals surface area contributed by atoms with Crippen LogP contribution in [0.15, 0.2) is 11.6 Å². The Morgan fingerprint density at radius 1 is 0.667 bits per heavy atom. The van der Waals surface area contributed by atoms with E-state index in [9.17, 15) is 30.6 Å². The van der Waals surface area contributed by atoms with Gasteiger partial charge >= 0.3 is 0 Å². The lowest BCUT2D eigenvalue weighted by molar-refractivity contribution is -0.327. The Bertz CT molecular complexity index is 1580. The number of aliphatic hydroxyl groups is 6. The molecule has 63 heavy (non-hydrogen) atoms. The quantitative estimate of drug-likeness (QED) is 0.124. The zero-order valence-electron chi connectivity index (χ0n) is 40.4. The van der Waals surface area contributed by atoms with Crippen molar-refractivity contribution in [3.8, 4) is 0 Å². The van der Waals surface area contributed by atoms with Gasteiger partial charge in [-0.1, -0.05) is 60.1 Å². The van der Waals surface area contributed by atoms with Crippen molar-refractivity contribution < 1.29 is 63.8 Å². The van der Waals surface area contributed by atoms with Gasteiger partial charge in [0, 0.05) is 46.7 Å². The zero-order chi connectivity index (χ0) is 46.0. The van der Waals surface area contributed by atoms with Crippen LogP contribution in [0.3, 0.4) is 0 Å². The van der Waals surface area contributed by atoms with Crippen molar-refractivity contribution in [2.24, 2.45) is 40.4 Å². The molecule has 0 saturated heterocycles. The molecule has 13 heteroatoms. The Labute approximate surface area is 377 Å². The number of methoxy groups -OCH3 is 3. The largest absolute Gasteiger partial charge is 0.392 e. The Morgan fingerprint density at radius 3 is 1.89 bits per heavy atom. The molecular weight excluding hydrogens is 809 g/mol. The lowest BCUT2D eigenvalue weighted by Crippen LogP contribution is -2.78. The summed E-state index contributed by atoms with van der Waals surface area (Å²) in [6.45, 7) is 16.9. The van der Waals surface area contributed by atoms with Gasteiger partial charge in [0.15, 0.2) is 0 Å². The first-order valence-corrected chi connectivity index (χ1v) is 24.7. The highest BCUT2D eigenvalue weighted by atomic mass is 16.6. The summed E-state index contributed by atoms with van der Waals surface area (Å²) in [5.41, 5.74) is -5.32. The molecule has 0 aromatic heterocycles. The summed E-state index contributed by atoms with van der Waals surface area (Å²) >= 11 is 0. The molecule has 364 valence electrons. The minimum Gasteiger partial charge on any atom is -0.392 e. The lowest BCUT2D eigenvalue weighted by atomic mass is 9.42. The molecule has 0 amide bonds. The molecule has 7 aliphatic rings. The first-order chi connectivity index (χ1) is 29.6. The molecule has 0 aromatic rings. The number of hydrogen-bond donors (Lipinski definition) is 6. The Hall–Kier alpha value is -0.780. The van der Waals surface area contributed by atoms with E-state index in [1.807, 2.05) is 13.8 Å². The van der Waals surface area contributed by atoms with E-state index in [1.165, 1.54) is 12.7 Å². The van der Waals surface area contributed by atoms with Gasteiger partial charge in [0.1, 0.15) is 29.0 Å². The van der Waals surface area contributed by atoms with Crippen LogP contribution in [0.1, 0.15) is 139 Å². The third-order valence-electron chi connectivity index (χ3n) is 18.7. The van der Waals surface area contributed by atoms with Gasteiger partial charge in [-0.2, -0.15) is 0 Å². The summed E-state index contributed by atoms with van der Waals surface area (Å²) in [6.07, 6.45) is 4.51. The number of rotatable bonds is 14. The van der Waals surface area contributed by atoms with E-state index in [0.29, 0.717) is 31.8 Å². The van der Waals surface area contributed by atoms with Crippen molar-refractivity contribution in [2.75, 3.05) is 27.9 Å². The van der Waals surface area contributed by atoms with Crippen LogP contribution in [0.4, 0.5) is 0 Å². The van der Waals surface area contributed by atoms with E-state index in [-0.39, 0.29) is 92.1 Å². The van der Waals surface area contributed by atoms with Crippen LogP contribution in [-0.2, 0) is 33.2 Å². The normalized spacial score (nSPS) is 51.9. The van der Waals surface area contributed by atoms with Crippen LogP contribution in [0.2, 0.25) is 0 Å². The summed E-state index contributed by atoms with van der Waals surface area (Å²) in [6, 6.07) is 0. The van der Waals surface area contributed by atoms with Gasteiger partial charge in [0.25, 0.3) is 0 Å². The molecule has 6 N–H and O–H groups in total. The lowest BCUT2D eigenvalue weighted by Gasteiger charge is -2.67. The molecule has 7 aliphatic carbocycles. The first-order valence-electron chi connectivity index (χ1n) is 24.7. The molecule has 0 bridgehead atoms. The third kappa shape index (κ3) is 8.47. The first kappa shape index (κ1) is 50.1. The Balaban J connectivity index is 0.967. The molecule has 22 atom stereocenters. The molecule has 0 radical (unpaired) electrons. The van der Waals surface area contributed by atoms with E-state index in [0.717, 1.165) is 38.5 Å². The summed E-state index contributed by atoms with van der Waals surface area (Å²) < 4.78 is 44.4. The van der Waals surface area contributed by atoms with Crippen molar-refractivity contribution in [3.63, 3.8) is 0 Å². The Morgan fingerprint density at radius 2 is 1.29 bits per heavy atom. The van der Waals surface area contributed by atoms with E-state index in [2.05, 4.69) is 40.7 Å². The molecule has 0 aliphatic heterocycles. The van der Waals surface area contributed by atoms with Gasteiger partial charge in [-0.15, -0.1) is 0 Å². The van der Waals surface area contributed by atoms with Gasteiger partial charge in [0.2, 0.25) is 0 Å². The maximum Gasteiger partial charge on any atom is 0.112 e. The van der Waals surface area contributed by atoms with Crippen LogP contribution >= 0.6 is 0 Å². The van der Waals surface area contributed by atoms with Crippen molar-refractivity contribution in [1.82, 2.24) is 0 Å². The standard InChI is InChI=1S/C50H86O13/c1-27(2)14-19-60-31(6)48(54)17-18-50(56)47(48,8)40(51)26-39-46(7)15-13-33(23-32(46)12-16-49(39,50)55)61-34-20-29(4)43(37(24-34)57-9)62-35-21-30(5)44(38(25-35)58-10)63-36-22-28(3)41(52)45(59-11)42(36)53/h12,27-31,33-45,51-56H,13-26H2,1-11H3/t28-,29-,30-,31?,33-,34+,35+,36+,37-,38-,39+,40+,41+,42-,43+,44+,45-,46-,47+,48+,49-,50-/m0/s1. The minimum absolute atomic E-state index is 0.00309. The second kappa shape index (κ2) is 19.0. The molecule has 1 unspecified atom stereocenters. The molecule has 6 fully saturated rings. The number of hydrogen-bond acceptors (Lipinski definition) is 13. The summed E-state index contributed by atoms with van der Waals surface area (Å²) in [5.74, 6) is 0.283. The van der Waals surface area contributed by atoms with Gasteiger partial charge in [0.05, 0.1) is 72.6 Å². The van der Waals surface area contributed by atoms with Gasteiger partial charge in [-0.3, -0.25) is 0 Å². The van der Waals surface area contributed by atoms with Gasteiger partial charge in [-0.05, 0) is 107 Å². The number of aliphatic hydroxyl groups excluding tert-OH is 3. The van der Waals surface area contributed by atoms with Crippen LogP contribution in [0.5, 0.6) is 0 Å². The fourth-order valence-electron chi connectivity index (χ4n) is 14.5. The van der Waals surface area contributed by atoms with Crippen LogP contribution < -0.4 is 0 Å². The SMILES string of the molecule is CO[C@@H]1[C@@H](O)[C@H](O[C@H]2[C@@H](OC)C[C@H](O[C@H]3[C@@H](OC)C[C@H](O[C@H]4CC[C@@]5(C)C(=CC[C@]6(O)[C@@H]5C[C@@H](O)[C@@]5(C)[C@@]6(O)CC[C@@]5(O)C(C)OCCC(C)C)C4)C[C@@H]3C)C[C@@H]2C)C[C@H](C)[C@H]1O. The fourth-order valence-corrected chi connectivity index (χ4v) is 14.5. The predicted octanol–water partition coefficient (Wildman–Crippen LogP) is 5.26. The maximum atomic E-state index is 12.8. The summed E-state index contributed by atoms with van der Waals surface area (Å²) in [5, 5.41) is 71.7. The topological polar surface area (TPSA) is 186 Å². The number of ether oxygens (including phenoxy) is 7. The summed E-state index contributed by atoms with van der Waals surface area (Å²) in [7, 11) is 4.97. The molecule has 6 saturated carbocycles. The second-order valence-electron chi connectivity index (χ2n) is 22.6. The van der Waals surface area contributed by atoms with Crippen molar-refractivity contribution in [3.05, 3.63) is 11.6 Å². The average Bonchev–Trinajstić information content (AvgIpc) is 3.47. The maximum absolute atomic E-state index is 12.8. The summed E-state index contributed by atoms with van der Waals surface area (Å²) in [4.78, 5) is 0. The van der Waals surface area contributed by atoms with E-state index >= 15 is 0 Å². The molecule has 0 heterocycles. The highest BCUT2D eigenvalue weighted by Crippen LogP contribution is 2.71. The Kier molecular flexibility index (Phi) is 15.1. The molecule has 0 aromatic carbocycles. The molecular formula is C50H86O13. The highest BCUT2D eigenvalue weighted by Gasteiger charge is 2.80. The smallest absolute Gasteiger partial charge is 0.112 e. The predicted molar refractivity (Wildman–Crippen MR) is 237 cm³/mol. The van der Waals surface area contributed by atoms with Gasteiger partial charge < -0.3 is 63.8 Å². The van der Waals surface area contributed by atoms with Crippen LogP contribution in [0.25, 0.3) is 0 Å². The monoisotopic (exact) mass is 895 g/mol. The number of fused-ring (bicyclic) bond motifs is 5. The van der Waals surface area contributed by atoms with E-state index in [4.69, 9.17) is 33.2 Å². The third-order valence-corrected chi connectivity index (χ3v) is 18.7. The van der Waals surface area contributed by atoms with Crippen molar-refractivity contribution in [1.29, 1.82) is 0 Å².